The maximum atomic E-state index is 2.64. The third-order valence-electron chi connectivity index (χ3n) is 28.6. The summed E-state index contributed by atoms with van der Waals surface area (Å²) in [7, 11) is 0. The van der Waals surface area contributed by atoms with Crippen molar-refractivity contribution in [3.05, 3.63) is 402 Å². The zero-order valence-electron chi connectivity index (χ0n) is 84.0. The first-order valence-electron chi connectivity index (χ1n) is 48.8. The van der Waals surface area contributed by atoms with E-state index < -0.39 is 0 Å². The van der Waals surface area contributed by atoms with E-state index >= 15 is 0 Å². The fraction of sp³-hybridized carbons (Fsp3) is 0.250. The maximum absolute atomic E-state index is 2.64. The SMILES string of the molecule is CC(C)(C)c1ccc(-c2cc(C(C)(C)C)ccc2N2c3ccc(C(C)(C)C)cc3B3c4cc(C(C)(C)C)ccc4N(c4ccc(C(C)(C)C)cc4)c4cc(C(C)(C)C)cc2c43)cc1.CC(C)(C)c1ccc(N2c3cc(N(c4ccccc4)c4ccccc4)ccc3B3c4cc(-c5ccccc5)ccc4N(c4ccc(-c5ccccc5)cc4-c4ccccc4)c4cc(C(C)(C)C)cc2c43)cc1. The topological polar surface area (TPSA) is 16.2 Å². The summed E-state index contributed by atoms with van der Waals surface area (Å²) >= 11 is 0. The van der Waals surface area contributed by atoms with Gasteiger partial charge < -0.3 is 24.5 Å². The summed E-state index contributed by atoms with van der Waals surface area (Å²) in [6.07, 6.45) is 0. The molecule has 0 bridgehead atoms. The van der Waals surface area contributed by atoms with Crippen LogP contribution in [0.2, 0.25) is 0 Å². The normalized spacial score (nSPS) is 13.5. The Morgan fingerprint density at radius 2 is 0.452 bits per heavy atom. The van der Waals surface area contributed by atoms with E-state index in [1.165, 1.54) is 179 Å². The molecular formula is C128H131B2N5. The van der Waals surface area contributed by atoms with Crippen LogP contribution in [0.1, 0.15) is 211 Å². The number of anilines is 15. The van der Waals surface area contributed by atoms with Crippen LogP contribution in [0.5, 0.6) is 0 Å². The quantitative estimate of drug-likeness (QED) is 0.120. The molecular weight excluding hydrogens is 1630 g/mol. The van der Waals surface area contributed by atoms with E-state index in [1.807, 2.05) is 0 Å². The van der Waals surface area contributed by atoms with Gasteiger partial charge in [-0.15, -0.1) is 0 Å². The van der Waals surface area contributed by atoms with E-state index in [2.05, 4.69) is 549 Å². The van der Waals surface area contributed by atoms with Gasteiger partial charge in [0.1, 0.15) is 0 Å². The summed E-state index contributed by atoms with van der Waals surface area (Å²) in [5, 5.41) is 0. The first-order valence-corrected chi connectivity index (χ1v) is 48.8. The number of benzene rings is 16. The van der Waals surface area contributed by atoms with Gasteiger partial charge in [0.05, 0.1) is 11.4 Å². The molecule has 16 aromatic rings. The highest BCUT2D eigenvalue weighted by atomic mass is 15.2. The van der Waals surface area contributed by atoms with Crippen LogP contribution in [-0.4, -0.2) is 13.4 Å². The van der Waals surface area contributed by atoms with Crippen molar-refractivity contribution in [3.8, 4) is 44.5 Å². The van der Waals surface area contributed by atoms with Crippen molar-refractivity contribution in [2.24, 2.45) is 0 Å². The molecule has 0 saturated heterocycles. The minimum absolute atomic E-state index is 0.000970. The van der Waals surface area contributed by atoms with Crippen molar-refractivity contribution >= 4 is 132 Å². The molecule has 0 saturated carbocycles. The molecule has 4 aliphatic heterocycles. The van der Waals surface area contributed by atoms with Crippen molar-refractivity contribution in [1.82, 2.24) is 0 Å². The molecule has 135 heavy (non-hydrogen) atoms. The highest BCUT2D eigenvalue weighted by Gasteiger charge is 2.48. The molecule has 5 nitrogen and oxygen atoms in total. The van der Waals surface area contributed by atoms with Crippen molar-refractivity contribution in [1.29, 1.82) is 0 Å². The molecule has 20 rings (SSSR count). The lowest BCUT2D eigenvalue weighted by atomic mass is 9.33. The van der Waals surface area contributed by atoms with Gasteiger partial charge in [-0.3, -0.25) is 0 Å². The van der Waals surface area contributed by atoms with Gasteiger partial charge in [0, 0.05) is 85.1 Å². The zero-order chi connectivity index (χ0) is 95.1. The molecule has 0 aromatic heterocycles. The standard InChI is InChI=1S/C68H58BN3.C60H73BN2/c1-67(2,3)52-34-36-56(37-35-52)71-63-46-57(70(54-28-18-10-19-29-54)55-30-20-11-21-31-55)38-39-59(63)69-60-43-51(48-24-14-8-15-25-48)33-41-62(60)72(65-45-53(68(4,5)6)44-64(71)66(65)69)61-40-32-50(47-22-12-7-13-23-47)42-58(61)49-26-16-9-17-27-49;1-55(2,3)39-21-19-38(20-22-39)46-33-41(57(7,8)9)25-30-49(46)63-51-32-27-43(59(13,14)15)35-48(51)61-47-34-42(58(10,11)12)26-31-50(47)62(45-28-23-40(24-29-45)56(4,5)6)52-36-44(60(16,17)18)37-53(63)54(52)61/h7-46H,1-6H3;19-37H,1-18H3. The Bertz CT molecular complexity index is 7100. The van der Waals surface area contributed by atoms with Crippen LogP contribution in [0, 0.1) is 0 Å². The summed E-state index contributed by atoms with van der Waals surface area (Å²) in [5.41, 5.74) is 45.8. The van der Waals surface area contributed by atoms with Crippen LogP contribution < -0.4 is 57.3 Å². The molecule has 0 atom stereocenters. The Hall–Kier alpha value is -13.4. The van der Waals surface area contributed by atoms with Crippen molar-refractivity contribution in [2.45, 2.75) is 209 Å². The van der Waals surface area contributed by atoms with Gasteiger partial charge in [-0.25, -0.2) is 0 Å². The molecule has 0 spiro atoms. The Balaban J connectivity index is 0.000000175. The molecule has 0 amide bonds. The van der Waals surface area contributed by atoms with Crippen LogP contribution in [0.25, 0.3) is 44.5 Å². The molecule has 0 fully saturated rings. The van der Waals surface area contributed by atoms with Crippen molar-refractivity contribution in [3.63, 3.8) is 0 Å². The molecule has 4 heterocycles. The minimum Gasteiger partial charge on any atom is -0.311 e. The third kappa shape index (κ3) is 17.2. The number of nitrogens with zero attached hydrogens (tertiary/aromatic N) is 5. The largest absolute Gasteiger partial charge is 0.311 e. The number of hydrogen-bond donors (Lipinski definition) is 0. The van der Waals surface area contributed by atoms with E-state index in [0.29, 0.717) is 0 Å². The van der Waals surface area contributed by atoms with E-state index in [1.54, 1.807) is 0 Å². The van der Waals surface area contributed by atoms with E-state index in [0.717, 1.165) is 28.4 Å². The molecule has 674 valence electrons. The fourth-order valence-electron chi connectivity index (χ4n) is 20.6. The highest BCUT2D eigenvalue weighted by molar-refractivity contribution is 7.01. The van der Waals surface area contributed by atoms with Gasteiger partial charge in [0.25, 0.3) is 13.4 Å². The van der Waals surface area contributed by atoms with Gasteiger partial charge in [-0.05, 0) is 281 Å². The third-order valence-corrected chi connectivity index (χ3v) is 28.6. The number of hydrogen-bond acceptors (Lipinski definition) is 5. The van der Waals surface area contributed by atoms with E-state index in [-0.39, 0.29) is 56.7 Å². The molecule has 0 N–H and O–H groups in total. The summed E-state index contributed by atoms with van der Waals surface area (Å²) in [6, 6.07) is 136. The zero-order valence-corrected chi connectivity index (χ0v) is 84.0. The molecule has 0 unspecified atom stereocenters. The average Bonchev–Trinajstić information content (AvgIpc) is 0.693. The van der Waals surface area contributed by atoms with Gasteiger partial charge in [-0.1, -0.05) is 397 Å². The summed E-state index contributed by atoms with van der Waals surface area (Å²) < 4.78 is 0. The molecule has 4 aliphatic rings. The Labute approximate surface area is 806 Å². The van der Waals surface area contributed by atoms with Gasteiger partial charge in [0.15, 0.2) is 0 Å². The van der Waals surface area contributed by atoms with Crippen molar-refractivity contribution < 1.29 is 0 Å². The van der Waals surface area contributed by atoms with Crippen LogP contribution in [0.3, 0.4) is 0 Å². The van der Waals surface area contributed by atoms with Gasteiger partial charge in [0.2, 0.25) is 0 Å². The predicted octanol–water partition coefficient (Wildman–Crippen LogP) is 32.1. The summed E-state index contributed by atoms with van der Waals surface area (Å²) in [5.74, 6) is 0. The summed E-state index contributed by atoms with van der Waals surface area (Å²) in [6.45, 7) is 55.9. The lowest BCUT2D eigenvalue weighted by Gasteiger charge is -2.46. The van der Waals surface area contributed by atoms with Gasteiger partial charge >= 0.3 is 0 Å². The monoisotopic (exact) mass is 1760 g/mol. The van der Waals surface area contributed by atoms with Crippen LogP contribution in [0.15, 0.2) is 358 Å². The second kappa shape index (κ2) is 33.9. The Morgan fingerprint density at radius 1 is 0.170 bits per heavy atom. The maximum Gasteiger partial charge on any atom is 0.252 e. The molecule has 0 aliphatic carbocycles. The van der Waals surface area contributed by atoms with Crippen LogP contribution in [-0.2, 0) is 43.3 Å². The second-order valence-corrected chi connectivity index (χ2v) is 46.4. The van der Waals surface area contributed by atoms with E-state index in [9.17, 15) is 0 Å². The van der Waals surface area contributed by atoms with Crippen LogP contribution >= 0.6 is 0 Å². The van der Waals surface area contributed by atoms with Gasteiger partial charge in [-0.2, -0.15) is 0 Å². The van der Waals surface area contributed by atoms with E-state index in [4.69, 9.17) is 0 Å². The highest BCUT2D eigenvalue weighted by Crippen LogP contribution is 2.54. The second-order valence-electron chi connectivity index (χ2n) is 46.4. The first-order chi connectivity index (χ1) is 64.0. The lowest BCUT2D eigenvalue weighted by Crippen LogP contribution is -2.62. The molecule has 7 heteroatoms. The first kappa shape index (κ1) is 90.8. The Kier molecular flexibility index (Phi) is 22.8. The van der Waals surface area contributed by atoms with Crippen molar-refractivity contribution in [2.75, 3.05) is 24.5 Å². The molecule has 0 radical (unpaired) electrons. The number of para-hydroxylation sites is 2. The number of fused-ring (bicyclic) bond motifs is 8. The summed E-state index contributed by atoms with van der Waals surface area (Å²) in [4.78, 5) is 12.8. The van der Waals surface area contributed by atoms with Crippen LogP contribution in [0.4, 0.5) is 85.3 Å². The molecule has 16 aromatic carbocycles. The smallest absolute Gasteiger partial charge is 0.252 e. The lowest BCUT2D eigenvalue weighted by molar-refractivity contribution is 0.589. The predicted molar refractivity (Wildman–Crippen MR) is 587 cm³/mol. The fourth-order valence-corrected chi connectivity index (χ4v) is 20.6. The average molecular weight is 1760 g/mol. The number of rotatable bonds is 11. The Morgan fingerprint density at radius 3 is 0.852 bits per heavy atom. The minimum atomic E-state index is -0.176.